The molecule has 0 saturated heterocycles. The normalized spacial score (nSPS) is 12.3. The van der Waals surface area contributed by atoms with Crippen LogP contribution in [0.4, 0.5) is 0 Å². The molecule has 0 unspecified atom stereocenters. The largest absolute Gasteiger partial charge is 0.458 e. The zero-order valence-electron chi connectivity index (χ0n) is 14.9. The molecule has 0 spiro atoms. The van der Waals surface area contributed by atoms with Gasteiger partial charge in [0.1, 0.15) is 6.61 Å². The van der Waals surface area contributed by atoms with Gasteiger partial charge in [0.25, 0.3) is 0 Å². The predicted molar refractivity (Wildman–Crippen MR) is 95.7 cm³/mol. The highest BCUT2D eigenvalue weighted by Gasteiger charge is 2.31. The molecule has 132 valence electrons. The molecule has 0 aliphatic carbocycles. The van der Waals surface area contributed by atoms with Crippen molar-refractivity contribution >= 4 is 11.9 Å². The first-order valence-corrected chi connectivity index (χ1v) is 8.32. The van der Waals surface area contributed by atoms with Gasteiger partial charge in [-0.2, -0.15) is 0 Å². The molecule has 0 fully saturated rings. The zero-order valence-corrected chi connectivity index (χ0v) is 14.9. The van der Waals surface area contributed by atoms with Gasteiger partial charge in [-0.3, -0.25) is 4.79 Å². The van der Waals surface area contributed by atoms with E-state index in [4.69, 9.17) is 9.47 Å². The first-order chi connectivity index (χ1) is 11.9. The third-order valence-corrected chi connectivity index (χ3v) is 3.61. The molecule has 4 nitrogen and oxygen atoms in total. The lowest BCUT2D eigenvalue weighted by Crippen LogP contribution is -2.35. The number of ether oxygens (including phenoxy) is 2. The molecule has 2 aromatic rings. The summed E-state index contributed by atoms with van der Waals surface area (Å²) >= 11 is 0. The summed E-state index contributed by atoms with van der Waals surface area (Å²) in [5.41, 5.74) is 1.11. The van der Waals surface area contributed by atoms with Crippen molar-refractivity contribution in [1.29, 1.82) is 0 Å². The molecule has 2 rings (SSSR count). The van der Waals surface area contributed by atoms with E-state index in [0.717, 1.165) is 11.1 Å². The lowest BCUT2D eigenvalue weighted by atomic mass is 9.97. The number of carbonyl (C=O) groups is 2. The van der Waals surface area contributed by atoms with Crippen LogP contribution >= 0.6 is 0 Å². The maximum Gasteiger partial charge on any atom is 0.348 e. The van der Waals surface area contributed by atoms with E-state index in [1.54, 1.807) is 20.8 Å². The van der Waals surface area contributed by atoms with Crippen molar-refractivity contribution in [2.24, 2.45) is 5.41 Å². The molecule has 0 bridgehead atoms. The highest BCUT2D eigenvalue weighted by Crippen LogP contribution is 2.19. The van der Waals surface area contributed by atoms with Crippen LogP contribution in [0.2, 0.25) is 0 Å². The average Bonchev–Trinajstić information content (AvgIpc) is 2.60. The first kappa shape index (κ1) is 18.7. The van der Waals surface area contributed by atoms with E-state index >= 15 is 0 Å². The number of benzene rings is 2. The molecule has 0 radical (unpaired) electrons. The van der Waals surface area contributed by atoms with Gasteiger partial charge < -0.3 is 9.47 Å². The van der Waals surface area contributed by atoms with Crippen molar-refractivity contribution in [2.75, 3.05) is 0 Å². The van der Waals surface area contributed by atoms with E-state index in [1.807, 2.05) is 60.7 Å². The van der Waals surface area contributed by atoms with Crippen LogP contribution in [0.25, 0.3) is 0 Å². The number of hydrogen-bond donors (Lipinski definition) is 0. The third-order valence-electron chi connectivity index (χ3n) is 3.61. The molecule has 0 aliphatic rings. The summed E-state index contributed by atoms with van der Waals surface area (Å²) in [7, 11) is 0. The van der Waals surface area contributed by atoms with Crippen LogP contribution in [0.3, 0.4) is 0 Å². The molecular weight excluding hydrogens is 316 g/mol. The summed E-state index contributed by atoms with van der Waals surface area (Å²) in [4.78, 5) is 24.7. The Morgan fingerprint density at radius 2 is 1.40 bits per heavy atom. The fourth-order valence-corrected chi connectivity index (χ4v) is 2.13. The van der Waals surface area contributed by atoms with Gasteiger partial charge in [0.2, 0.25) is 6.10 Å². The molecule has 0 N–H and O–H groups in total. The van der Waals surface area contributed by atoms with Crippen molar-refractivity contribution in [2.45, 2.75) is 39.9 Å². The molecule has 2 aromatic carbocycles. The SMILES string of the molecule is CC(C)(C)C(=O)O[C@@H](Cc1ccccc1)C(=O)OCc1ccccc1. The zero-order chi connectivity index (χ0) is 18.3. The minimum atomic E-state index is -0.960. The van der Waals surface area contributed by atoms with Crippen molar-refractivity contribution in [3.05, 3.63) is 71.8 Å². The van der Waals surface area contributed by atoms with E-state index in [-0.39, 0.29) is 13.0 Å². The monoisotopic (exact) mass is 340 g/mol. The summed E-state index contributed by atoms with van der Waals surface area (Å²) in [6, 6.07) is 18.9. The summed E-state index contributed by atoms with van der Waals surface area (Å²) in [6.45, 7) is 5.41. The quantitative estimate of drug-likeness (QED) is 0.748. The van der Waals surface area contributed by atoms with Gasteiger partial charge >= 0.3 is 11.9 Å². The van der Waals surface area contributed by atoms with Gasteiger partial charge in [0.05, 0.1) is 5.41 Å². The van der Waals surface area contributed by atoms with Crippen molar-refractivity contribution < 1.29 is 19.1 Å². The van der Waals surface area contributed by atoms with Gasteiger partial charge in [0.15, 0.2) is 0 Å². The van der Waals surface area contributed by atoms with Crippen LogP contribution in [0.1, 0.15) is 31.9 Å². The molecule has 0 aromatic heterocycles. The summed E-state index contributed by atoms with van der Waals surface area (Å²) in [6.07, 6.45) is -0.672. The molecule has 0 amide bonds. The highest BCUT2D eigenvalue weighted by molar-refractivity contribution is 5.82. The maximum absolute atomic E-state index is 12.5. The van der Waals surface area contributed by atoms with Crippen LogP contribution in [0, 0.1) is 5.41 Å². The number of carbonyl (C=O) groups excluding carboxylic acids is 2. The van der Waals surface area contributed by atoms with E-state index in [2.05, 4.69) is 0 Å². The number of rotatable bonds is 6. The lowest BCUT2D eigenvalue weighted by Gasteiger charge is -2.22. The first-order valence-electron chi connectivity index (χ1n) is 8.32. The van der Waals surface area contributed by atoms with E-state index in [9.17, 15) is 9.59 Å². The Balaban J connectivity index is 2.06. The highest BCUT2D eigenvalue weighted by atomic mass is 16.6. The lowest BCUT2D eigenvalue weighted by molar-refractivity contribution is -0.173. The maximum atomic E-state index is 12.5. The van der Waals surface area contributed by atoms with Gasteiger partial charge in [-0.15, -0.1) is 0 Å². The Hall–Kier alpha value is -2.62. The second kappa shape index (κ2) is 8.47. The van der Waals surface area contributed by atoms with Crippen LogP contribution < -0.4 is 0 Å². The van der Waals surface area contributed by atoms with Crippen LogP contribution in [0.15, 0.2) is 60.7 Å². The van der Waals surface area contributed by atoms with Gasteiger partial charge in [0, 0.05) is 6.42 Å². The predicted octanol–water partition coefficient (Wildman–Crippen LogP) is 3.93. The summed E-state index contributed by atoms with van der Waals surface area (Å²) < 4.78 is 10.8. The standard InChI is InChI=1S/C21H24O4/c1-21(2,3)20(23)25-18(14-16-10-6-4-7-11-16)19(22)24-15-17-12-8-5-9-13-17/h4-13,18H,14-15H2,1-3H3/t18-/m0/s1. The van der Waals surface area contributed by atoms with Gasteiger partial charge in [-0.25, -0.2) is 4.79 Å². The van der Waals surface area contributed by atoms with E-state index in [1.165, 1.54) is 0 Å². The Bertz CT molecular complexity index is 687. The topological polar surface area (TPSA) is 52.6 Å². The van der Waals surface area contributed by atoms with Gasteiger partial charge in [-0.05, 0) is 31.9 Å². The number of hydrogen-bond acceptors (Lipinski definition) is 4. The number of esters is 2. The summed E-state index contributed by atoms with van der Waals surface area (Å²) in [5, 5.41) is 0. The second-order valence-electron chi connectivity index (χ2n) is 6.93. The average molecular weight is 340 g/mol. The second-order valence-corrected chi connectivity index (χ2v) is 6.93. The smallest absolute Gasteiger partial charge is 0.348 e. The Kier molecular flexibility index (Phi) is 6.34. The molecular formula is C21H24O4. The molecule has 0 aliphatic heterocycles. The molecule has 0 heterocycles. The third kappa shape index (κ3) is 6.07. The molecule has 4 heteroatoms. The van der Waals surface area contributed by atoms with E-state index < -0.39 is 23.5 Å². The van der Waals surface area contributed by atoms with E-state index in [0.29, 0.717) is 0 Å². The van der Waals surface area contributed by atoms with Gasteiger partial charge in [-0.1, -0.05) is 60.7 Å². The van der Waals surface area contributed by atoms with Crippen LogP contribution in [0.5, 0.6) is 0 Å². The molecule has 1 atom stereocenters. The minimum absolute atomic E-state index is 0.151. The Morgan fingerprint density at radius 3 is 1.92 bits per heavy atom. The van der Waals surface area contributed by atoms with Crippen molar-refractivity contribution in [3.63, 3.8) is 0 Å². The fourth-order valence-electron chi connectivity index (χ4n) is 2.13. The Labute approximate surface area is 148 Å². The summed E-state index contributed by atoms with van der Waals surface area (Å²) in [5.74, 6) is -0.963. The van der Waals surface area contributed by atoms with Crippen LogP contribution in [-0.4, -0.2) is 18.0 Å². The molecule has 25 heavy (non-hydrogen) atoms. The van der Waals surface area contributed by atoms with Crippen LogP contribution in [-0.2, 0) is 32.1 Å². The minimum Gasteiger partial charge on any atom is -0.458 e. The van der Waals surface area contributed by atoms with Crippen molar-refractivity contribution in [3.8, 4) is 0 Å². The fraction of sp³-hybridized carbons (Fsp3) is 0.333. The Morgan fingerprint density at radius 1 is 0.880 bits per heavy atom. The molecule has 0 saturated carbocycles. The van der Waals surface area contributed by atoms with Crippen molar-refractivity contribution in [1.82, 2.24) is 0 Å².